The molecule has 2 nitrogen and oxygen atoms in total. The lowest BCUT2D eigenvalue weighted by Crippen LogP contribution is -2.38. The number of carbonyl (C=O) groups excluding carboxylic acids is 1. The van der Waals surface area contributed by atoms with Crippen molar-refractivity contribution in [2.75, 3.05) is 6.54 Å². The van der Waals surface area contributed by atoms with Gasteiger partial charge in [0.25, 0.3) is 5.91 Å². The van der Waals surface area contributed by atoms with E-state index in [1.165, 1.54) is 18.4 Å². The molecule has 0 radical (unpaired) electrons. The van der Waals surface area contributed by atoms with E-state index in [0.29, 0.717) is 11.8 Å². The maximum absolute atomic E-state index is 13.3. The first kappa shape index (κ1) is 16.1. The Morgan fingerprint density at radius 3 is 2.28 bits per heavy atom. The molecule has 2 aliphatic carbocycles. The first-order valence-electron chi connectivity index (χ1n) is 9.31. The molecule has 1 fully saturated rings. The molecule has 25 heavy (non-hydrogen) atoms. The fourth-order valence-corrected chi connectivity index (χ4v) is 4.43. The Kier molecular flexibility index (Phi) is 4.44. The zero-order valence-electron chi connectivity index (χ0n) is 14.7. The number of benzene rings is 2. The van der Waals surface area contributed by atoms with Crippen LogP contribution in [0.3, 0.4) is 0 Å². The Bertz CT molecular complexity index is 752. The number of carbonyl (C=O) groups is 1. The minimum atomic E-state index is 0.0806. The molecule has 2 aliphatic rings. The first-order valence-corrected chi connectivity index (χ1v) is 9.31. The van der Waals surface area contributed by atoms with Crippen LogP contribution < -0.4 is 0 Å². The Morgan fingerprint density at radius 1 is 1.00 bits per heavy atom. The van der Waals surface area contributed by atoms with Crippen LogP contribution in [0.15, 0.2) is 72.8 Å². The molecule has 1 saturated carbocycles. The van der Waals surface area contributed by atoms with Gasteiger partial charge in [0.1, 0.15) is 0 Å². The highest BCUT2D eigenvalue weighted by atomic mass is 16.2. The van der Waals surface area contributed by atoms with Gasteiger partial charge in [-0.05, 0) is 55.2 Å². The van der Waals surface area contributed by atoms with E-state index in [1.54, 1.807) is 0 Å². The van der Waals surface area contributed by atoms with Crippen LogP contribution in [0, 0.1) is 17.8 Å². The summed E-state index contributed by atoms with van der Waals surface area (Å²) in [5, 5.41) is 0. The molecule has 0 saturated heterocycles. The van der Waals surface area contributed by atoms with Crippen molar-refractivity contribution in [2.24, 2.45) is 17.8 Å². The lowest BCUT2D eigenvalue weighted by Gasteiger charge is -2.34. The van der Waals surface area contributed by atoms with Crippen LogP contribution in [0.2, 0.25) is 0 Å². The van der Waals surface area contributed by atoms with Gasteiger partial charge in [0, 0.05) is 12.1 Å². The Hall–Kier alpha value is -2.35. The van der Waals surface area contributed by atoms with Crippen LogP contribution in [-0.4, -0.2) is 17.4 Å². The second-order valence-corrected chi connectivity index (χ2v) is 7.45. The van der Waals surface area contributed by atoms with Crippen LogP contribution >= 0.6 is 0 Å². The summed E-state index contributed by atoms with van der Waals surface area (Å²) in [5.74, 6) is 2.12. The lowest BCUT2D eigenvalue weighted by atomic mass is 9.92. The van der Waals surface area contributed by atoms with Crippen molar-refractivity contribution in [3.05, 3.63) is 83.9 Å². The highest BCUT2D eigenvalue weighted by molar-refractivity contribution is 5.94. The number of fused-ring (bicyclic) bond motifs is 2. The van der Waals surface area contributed by atoms with Crippen molar-refractivity contribution in [2.45, 2.75) is 25.8 Å². The van der Waals surface area contributed by atoms with E-state index in [2.05, 4.69) is 48.2 Å². The molecular weight excluding hydrogens is 306 g/mol. The minimum absolute atomic E-state index is 0.0806. The van der Waals surface area contributed by atoms with E-state index in [9.17, 15) is 4.79 Å². The summed E-state index contributed by atoms with van der Waals surface area (Å²) in [5.41, 5.74) is 1.98. The highest BCUT2D eigenvalue weighted by Gasteiger charge is 2.38. The van der Waals surface area contributed by atoms with Crippen LogP contribution in [-0.2, 0) is 0 Å². The van der Waals surface area contributed by atoms with Crippen molar-refractivity contribution >= 4 is 5.91 Å². The highest BCUT2D eigenvalue weighted by Crippen LogP contribution is 2.44. The van der Waals surface area contributed by atoms with E-state index in [4.69, 9.17) is 0 Å². The molecule has 2 aromatic rings. The van der Waals surface area contributed by atoms with Gasteiger partial charge in [-0.3, -0.25) is 4.79 Å². The number of hydrogen-bond donors (Lipinski definition) is 0. The van der Waals surface area contributed by atoms with Gasteiger partial charge in [0.2, 0.25) is 0 Å². The maximum atomic E-state index is 13.3. The monoisotopic (exact) mass is 331 g/mol. The molecule has 128 valence electrons. The predicted octanol–water partition coefficient (Wildman–Crippen LogP) is 5.10. The average Bonchev–Trinajstić information content (AvgIpc) is 3.29. The van der Waals surface area contributed by atoms with E-state index in [-0.39, 0.29) is 11.9 Å². The van der Waals surface area contributed by atoms with Gasteiger partial charge in [0.05, 0.1) is 6.04 Å². The summed E-state index contributed by atoms with van der Waals surface area (Å²) in [6.07, 6.45) is 7.24. The third-order valence-electron chi connectivity index (χ3n) is 5.88. The van der Waals surface area contributed by atoms with Gasteiger partial charge in [0.15, 0.2) is 0 Å². The van der Waals surface area contributed by atoms with Crippen LogP contribution in [0.5, 0.6) is 0 Å². The molecule has 0 heterocycles. The van der Waals surface area contributed by atoms with Gasteiger partial charge in [-0.1, -0.05) is 60.7 Å². The summed E-state index contributed by atoms with van der Waals surface area (Å²) in [4.78, 5) is 15.3. The topological polar surface area (TPSA) is 20.3 Å². The normalized spacial score (nSPS) is 25.1. The number of rotatable bonds is 5. The number of amides is 1. The van der Waals surface area contributed by atoms with E-state index in [0.717, 1.165) is 18.0 Å². The zero-order valence-corrected chi connectivity index (χ0v) is 14.7. The molecule has 2 aromatic carbocycles. The van der Waals surface area contributed by atoms with Crippen LogP contribution in [0.4, 0.5) is 0 Å². The summed E-state index contributed by atoms with van der Waals surface area (Å²) >= 11 is 0. The number of hydrogen-bond acceptors (Lipinski definition) is 1. The van der Waals surface area contributed by atoms with Gasteiger partial charge < -0.3 is 4.90 Å². The van der Waals surface area contributed by atoms with Gasteiger partial charge >= 0.3 is 0 Å². The molecule has 0 aliphatic heterocycles. The zero-order chi connectivity index (χ0) is 17.2. The molecule has 2 bridgehead atoms. The van der Waals surface area contributed by atoms with E-state index >= 15 is 0 Å². The molecule has 1 amide bonds. The standard InChI is InChI=1S/C23H25NO/c1-17(19-8-4-2-5-9-19)24(23(25)20-10-6-3-7-11-20)16-22-15-18-12-13-21(22)14-18/h2-13,17-18,21-22H,14-16H2,1H3. The Morgan fingerprint density at radius 2 is 1.68 bits per heavy atom. The molecule has 4 atom stereocenters. The SMILES string of the molecule is CC(c1ccccc1)N(CC1CC2C=CC1C2)C(=O)c1ccccc1. The second-order valence-electron chi connectivity index (χ2n) is 7.45. The first-order chi connectivity index (χ1) is 12.2. The second kappa shape index (κ2) is 6.87. The molecule has 0 spiro atoms. The van der Waals surface area contributed by atoms with E-state index < -0.39 is 0 Å². The summed E-state index contributed by atoms with van der Waals surface area (Å²) in [6.45, 7) is 2.99. The van der Waals surface area contributed by atoms with Crippen molar-refractivity contribution in [1.82, 2.24) is 4.90 Å². The van der Waals surface area contributed by atoms with Crippen LogP contribution in [0.25, 0.3) is 0 Å². The summed E-state index contributed by atoms with van der Waals surface area (Å²) in [6, 6.07) is 20.2. The third-order valence-corrected chi connectivity index (χ3v) is 5.88. The average molecular weight is 331 g/mol. The molecule has 0 aromatic heterocycles. The molecular formula is C23H25NO. The van der Waals surface area contributed by atoms with Crippen molar-refractivity contribution in [3.8, 4) is 0 Å². The van der Waals surface area contributed by atoms with Crippen molar-refractivity contribution < 1.29 is 4.79 Å². The molecule has 4 unspecified atom stereocenters. The predicted molar refractivity (Wildman–Crippen MR) is 101 cm³/mol. The van der Waals surface area contributed by atoms with Crippen molar-refractivity contribution in [1.29, 1.82) is 0 Å². The largest absolute Gasteiger partial charge is 0.332 e. The fraction of sp³-hybridized carbons (Fsp3) is 0.348. The maximum Gasteiger partial charge on any atom is 0.254 e. The van der Waals surface area contributed by atoms with Crippen LogP contribution in [0.1, 0.15) is 41.7 Å². The van der Waals surface area contributed by atoms with Gasteiger partial charge in [-0.15, -0.1) is 0 Å². The fourth-order valence-electron chi connectivity index (χ4n) is 4.43. The number of allylic oxidation sites excluding steroid dienone is 2. The molecule has 4 rings (SSSR count). The smallest absolute Gasteiger partial charge is 0.254 e. The number of nitrogens with zero attached hydrogens (tertiary/aromatic N) is 1. The Labute approximate surface area is 150 Å². The summed E-state index contributed by atoms with van der Waals surface area (Å²) < 4.78 is 0. The third kappa shape index (κ3) is 3.26. The van der Waals surface area contributed by atoms with Crippen molar-refractivity contribution in [3.63, 3.8) is 0 Å². The quantitative estimate of drug-likeness (QED) is 0.698. The minimum Gasteiger partial charge on any atom is -0.332 e. The molecule has 2 heteroatoms. The summed E-state index contributed by atoms with van der Waals surface area (Å²) in [7, 11) is 0. The van der Waals surface area contributed by atoms with Gasteiger partial charge in [-0.25, -0.2) is 0 Å². The molecule has 0 N–H and O–H groups in total. The van der Waals surface area contributed by atoms with Gasteiger partial charge in [-0.2, -0.15) is 0 Å². The Balaban J connectivity index is 1.60. The van der Waals surface area contributed by atoms with E-state index in [1.807, 2.05) is 36.4 Å². The lowest BCUT2D eigenvalue weighted by molar-refractivity contribution is 0.0643.